The van der Waals surface area contributed by atoms with Gasteiger partial charge in [-0.1, -0.05) is 39.0 Å². The third-order valence-corrected chi connectivity index (χ3v) is 8.41. The molecule has 0 spiro atoms. The van der Waals surface area contributed by atoms with Gasteiger partial charge in [0.05, 0.1) is 0 Å². The van der Waals surface area contributed by atoms with Crippen LogP contribution in [-0.2, 0) is 9.53 Å². The number of halogens is 1. The Bertz CT molecular complexity index is 405. The van der Waals surface area contributed by atoms with Crippen molar-refractivity contribution in [2.75, 3.05) is 20.0 Å². The number of esters is 1. The molecule has 1 unspecified atom stereocenters. The quantitative estimate of drug-likeness (QED) is 0.0877. The summed E-state index contributed by atoms with van der Waals surface area (Å²) in [6.45, 7) is 11.9. The molecule has 0 saturated carbocycles. The minimum atomic E-state index is -2.46. The van der Waals surface area contributed by atoms with E-state index in [1.165, 1.54) is 96.0 Å². The van der Waals surface area contributed by atoms with Crippen molar-refractivity contribution in [1.82, 2.24) is 0 Å². The summed E-state index contributed by atoms with van der Waals surface area (Å²) >= 11 is 6.74. The number of carbonyl (C=O) groups is 1. The topological polar surface area (TPSA) is 26.3 Å². The molecular formula is C24H48ClO2P. The first-order chi connectivity index (χ1) is 13.2. The fraction of sp³-hybridized carbons (Fsp3) is 0.875. The average Bonchev–Trinajstić information content (AvgIpc) is 2.62. The van der Waals surface area contributed by atoms with Gasteiger partial charge in [0.25, 0.3) is 0 Å². The van der Waals surface area contributed by atoms with Gasteiger partial charge in [0.2, 0.25) is 0 Å². The zero-order valence-corrected chi connectivity index (χ0v) is 21.0. The van der Waals surface area contributed by atoms with E-state index in [9.17, 15) is 4.79 Å². The van der Waals surface area contributed by atoms with Gasteiger partial charge in [0.1, 0.15) is 0 Å². The molecule has 0 amide bonds. The van der Waals surface area contributed by atoms with E-state index in [0.29, 0.717) is 0 Å². The van der Waals surface area contributed by atoms with Gasteiger partial charge in [-0.2, -0.15) is 0 Å². The molecular weight excluding hydrogens is 387 g/mol. The Morgan fingerprint density at radius 3 is 1.50 bits per heavy atom. The second kappa shape index (κ2) is 15.7. The number of hydrogen-bond acceptors (Lipinski definition) is 2. The fourth-order valence-corrected chi connectivity index (χ4v) is 5.47. The van der Waals surface area contributed by atoms with Crippen LogP contribution < -0.4 is 0 Å². The van der Waals surface area contributed by atoms with E-state index < -0.39 is 5.96 Å². The zero-order valence-electron chi connectivity index (χ0n) is 19.3. The number of carbonyl (C=O) groups excluding carboxylic acids is 1. The third-order valence-electron chi connectivity index (χ3n) is 5.45. The van der Waals surface area contributed by atoms with E-state index >= 15 is 0 Å². The summed E-state index contributed by atoms with van der Waals surface area (Å²) in [5, 5.41) is 0. The average molecular weight is 435 g/mol. The van der Waals surface area contributed by atoms with Crippen molar-refractivity contribution < 1.29 is 9.53 Å². The second-order valence-corrected chi connectivity index (χ2v) is 19.2. The van der Waals surface area contributed by atoms with Gasteiger partial charge in [-0.05, 0) is 0 Å². The fourth-order valence-electron chi connectivity index (χ4n) is 3.55. The summed E-state index contributed by atoms with van der Waals surface area (Å²) in [6, 6.07) is 0. The first kappa shape index (κ1) is 27.9. The Morgan fingerprint density at radius 1 is 0.821 bits per heavy atom. The molecule has 1 atom stereocenters. The molecule has 0 aliphatic heterocycles. The Kier molecular flexibility index (Phi) is 15.7. The van der Waals surface area contributed by atoms with Crippen molar-refractivity contribution in [2.24, 2.45) is 0 Å². The first-order valence-corrected chi connectivity index (χ1v) is 16.3. The molecule has 168 valence electrons. The molecule has 2 nitrogen and oxygen atoms in total. The van der Waals surface area contributed by atoms with Crippen molar-refractivity contribution >= 4 is 23.2 Å². The van der Waals surface area contributed by atoms with Crippen LogP contribution >= 0.6 is 17.2 Å². The Morgan fingerprint density at radius 2 is 1.18 bits per heavy atom. The van der Waals surface area contributed by atoms with E-state index in [-0.39, 0.29) is 11.8 Å². The monoisotopic (exact) mass is 434 g/mol. The predicted octanol–water partition coefficient (Wildman–Crippen LogP) is 8.90. The predicted molar refractivity (Wildman–Crippen MR) is 130 cm³/mol. The Balaban J connectivity index is 3.61. The van der Waals surface area contributed by atoms with E-state index in [1.807, 2.05) is 0 Å². The molecule has 0 fully saturated rings. The van der Waals surface area contributed by atoms with Crippen LogP contribution in [0.4, 0.5) is 0 Å². The number of hydrogen-bond donors (Lipinski definition) is 0. The van der Waals surface area contributed by atoms with Gasteiger partial charge in [0, 0.05) is 0 Å². The van der Waals surface area contributed by atoms with E-state index in [1.54, 1.807) is 0 Å². The van der Waals surface area contributed by atoms with Crippen molar-refractivity contribution in [3.63, 3.8) is 0 Å². The van der Waals surface area contributed by atoms with Crippen LogP contribution in [0, 0.1) is 0 Å². The molecule has 0 aliphatic rings. The molecule has 0 aromatic heterocycles. The number of rotatable bonds is 19. The molecule has 4 heteroatoms. The van der Waals surface area contributed by atoms with E-state index in [0.717, 1.165) is 12.8 Å². The first-order valence-electron chi connectivity index (χ1n) is 11.7. The molecule has 0 bridgehead atoms. The summed E-state index contributed by atoms with van der Waals surface area (Å²) < 4.78 is 5.56. The number of unbranched alkanes of at least 4 members (excludes halogenated alkanes) is 14. The molecule has 0 aliphatic carbocycles. The normalized spacial score (nSPS) is 14.2. The zero-order chi connectivity index (χ0) is 21.3. The van der Waals surface area contributed by atoms with Gasteiger partial charge in [0.15, 0.2) is 0 Å². The maximum absolute atomic E-state index is 11.6. The maximum atomic E-state index is 11.6. The second-order valence-electron chi connectivity index (χ2n) is 9.56. The molecule has 0 aromatic carbocycles. The van der Waals surface area contributed by atoms with Gasteiger partial charge in [-0.3, -0.25) is 0 Å². The molecule has 0 N–H and O–H groups in total. The Labute approximate surface area is 180 Å². The van der Waals surface area contributed by atoms with E-state index in [2.05, 4.69) is 33.5 Å². The minimum absolute atomic E-state index is 0.167. The molecule has 0 radical (unpaired) electrons. The summed E-state index contributed by atoms with van der Waals surface area (Å²) in [5.41, 5.74) is 0. The van der Waals surface area contributed by atoms with E-state index in [4.69, 9.17) is 16.0 Å². The van der Waals surface area contributed by atoms with Crippen molar-refractivity contribution in [1.29, 1.82) is 0 Å². The Hall–Kier alpha value is -0.0700. The van der Waals surface area contributed by atoms with Gasteiger partial charge in [-0.15, -0.1) is 0 Å². The molecule has 0 heterocycles. The SMILES string of the molecule is C=CC(=O)OC(CCCCCCCCCCCCCCCCC)P(C)(C)(C)Cl. The summed E-state index contributed by atoms with van der Waals surface area (Å²) in [5.74, 6) is -2.98. The van der Waals surface area contributed by atoms with Crippen molar-refractivity contribution in [3.05, 3.63) is 12.7 Å². The van der Waals surface area contributed by atoms with Crippen molar-refractivity contribution in [2.45, 2.75) is 116 Å². The number of ether oxygens (including phenoxy) is 1. The van der Waals surface area contributed by atoms with Crippen LogP contribution in [-0.4, -0.2) is 31.8 Å². The molecule has 28 heavy (non-hydrogen) atoms. The van der Waals surface area contributed by atoms with Crippen LogP contribution in [0.15, 0.2) is 12.7 Å². The van der Waals surface area contributed by atoms with Gasteiger partial charge >= 0.3 is 142 Å². The summed E-state index contributed by atoms with van der Waals surface area (Å²) in [7, 11) is 0. The standard InChI is InChI=1S/C24H48ClO2P/c1-6-8-9-10-11-12-13-14-15-16-17-18-19-20-21-22-24(27-23(26)7-2)28(3,4,5)25/h7,24H,2,6,8-22H2,1,3-5H3. The molecule has 0 saturated heterocycles. The van der Waals surface area contributed by atoms with Crippen LogP contribution in [0.25, 0.3) is 0 Å². The van der Waals surface area contributed by atoms with Crippen LogP contribution in [0.1, 0.15) is 110 Å². The van der Waals surface area contributed by atoms with Crippen LogP contribution in [0.5, 0.6) is 0 Å². The van der Waals surface area contributed by atoms with Gasteiger partial charge < -0.3 is 0 Å². The summed E-state index contributed by atoms with van der Waals surface area (Å²) in [4.78, 5) is 11.6. The summed E-state index contributed by atoms with van der Waals surface area (Å²) in [6.07, 6.45) is 22.4. The van der Waals surface area contributed by atoms with Gasteiger partial charge in [-0.25, -0.2) is 0 Å². The molecule has 0 aromatic rings. The third kappa shape index (κ3) is 16.8. The van der Waals surface area contributed by atoms with Crippen LogP contribution in [0.3, 0.4) is 0 Å². The molecule has 0 rings (SSSR count). The van der Waals surface area contributed by atoms with Crippen molar-refractivity contribution in [3.8, 4) is 0 Å². The van der Waals surface area contributed by atoms with Crippen LogP contribution in [0.2, 0.25) is 0 Å².